The molecule has 0 aromatic rings. The molecule has 0 amide bonds. The van der Waals surface area contributed by atoms with Gasteiger partial charge in [0.25, 0.3) is 0 Å². The maximum atomic E-state index is 10.2. The zero-order chi connectivity index (χ0) is 8.85. The molecule has 4 heteroatoms. The number of carbonyl (C=O) groups is 1. The first-order chi connectivity index (χ1) is 5.04. The molecule has 2 unspecified atom stereocenters. The normalized spacial score (nSPS) is 15.9. The van der Waals surface area contributed by atoms with E-state index in [0.29, 0.717) is 13.0 Å². The van der Waals surface area contributed by atoms with Crippen LogP contribution in [0.4, 0.5) is 0 Å². The number of aliphatic hydroxyl groups is 1. The van der Waals surface area contributed by atoms with Crippen LogP contribution in [-0.4, -0.2) is 34.9 Å². The van der Waals surface area contributed by atoms with Crippen molar-refractivity contribution in [2.24, 2.45) is 0 Å². The van der Waals surface area contributed by atoms with Crippen molar-refractivity contribution < 1.29 is 15.0 Å². The molecule has 0 radical (unpaired) electrons. The molecule has 0 aromatic heterocycles. The smallest absolute Gasteiger partial charge is 0.320 e. The summed E-state index contributed by atoms with van der Waals surface area (Å²) in [6.07, 6.45) is 0.209. The highest BCUT2D eigenvalue weighted by Gasteiger charge is 2.08. The Morgan fingerprint density at radius 2 is 2.09 bits per heavy atom. The maximum absolute atomic E-state index is 10.2. The standard InChI is InChI=1S/C7H15NO3/c1-5(9)3-4-8-6(2)7(10)11/h5-6,8-9H,3-4H2,1-2H3,(H,10,11). The van der Waals surface area contributed by atoms with Crippen LogP contribution in [0, 0.1) is 0 Å². The Labute approximate surface area is 66.2 Å². The minimum absolute atomic E-state index is 0.372. The molecule has 2 atom stereocenters. The van der Waals surface area contributed by atoms with Gasteiger partial charge in [-0.25, -0.2) is 0 Å². The molecule has 0 aliphatic carbocycles. The van der Waals surface area contributed by atoms with Gasteiger partial charge in [0.15, 0.2) is 0 Å². The molecule has 4 nitrogen and oxygen atoms in total. The third-order valence-electron chi connectivity index (χ3n) is 1.38. The van der Waals surface area contributed by atoms with Crippen LogP contribution in [0.2, 0.25) is 0 Å². The number of aliphatic carboxylic acids is 1. The number of rotatable bonds is 5. The molecule has 0 rings (SSSR count). The van der Waals surface area contributed by atoms with Crippen molar-refractivity contribution in [2.75, 3.05) is 6.54 Å². The van der Waals surface area contributed by atoms with Crippen LogP contribution in [0.25, 0.3) is 0 Å². The quantitative estimate of drug-likeness (QED) is 0.523. The third-order valence-corrected chi connectivity index (χ3v) is 1.38. The summed E-state index contributed by atoms with van der Waals surface area (Å²) in [7, 11) is 0. The van der Waals surface area contributed by atoms with Gasteiger partial charge in [-0.15, -0.1) is 0 Å². The van der Waals surface area contributed by atoms with E-state index in [1.165, 1.54) is 0 Å². The summed E-state index contributed by atoms with van der Waals surface area (Å²) in [5.74, 6) is -0.865. The Balaban J connectivity index is 3.31. The van der Waals surface area contributed by atoms with Gasteiger partial charge < -0.3 is 15.5 Å². The fraction of sp³-hybridized carbons (Fsp3) is 0.857. The topological polar surface area (TPSA) is 69.6 Å². The van der Waals surface area contributed by atoms with Crippen molar-refractivity contribution in [3.63, 3.8) is 0 Å². The molecule has 11 heavy (non-hydrogen) atoms. The molecule has 0 fully saturated rings. The Hall–Kier alpha value is -0.610. The van der Waals surface area contributed by atoms with Gasteiger partial charge in [0.2, 0.25) is 0 Å². The highest BCUT2D eigenvalue weighted by atomic mass is 16.4. The minimum atomic E-state index is -0.865. The van der Waals surface area contributed by atoms with Crippen molar-refractivity contribution in [2.45, 2.75) is 32.4 Å². The van der Waals surface area contributed by atoms with E-state index in [1.54, 1.807) is 13.8 Å². The van der Waals surface area contributed by atoms with Crippen LogP contribution in [0.5, 0.6) is 0 Å². The van der Waals surface area contributed by atoms with Gasteiger partial charge in [0.1, 0.15) is 6.04 Å². The van der Waals surface area contributed by atoms with E-state index >= 15 is 0 Å². The minimum Gasteiger partial charge on any atom is -0.480 e. The zero-order valence-electron chi connectivity index (χ0n) is 6.87. The number of nitrogens with one attached hydrogen (secondary N) is 1. The Bertz CT molecular complexity index is 125. The van der Waals surface area contributed by atoms with Crippen molar-refractivity contribution in [3.05, 3.63) is 0 Å². The molecule has 0 aliphatic rings. The second-order valence-corrected chi connectivity index (χ2v) is 2.65. The largest absolute Gasteiger partial charge is 0.480 e. The number of carboxylic acids is 1. The van der Waals surface area contributed by atoms with E-state index in [1.807, 2.05) is 0 Å². The molecule has 0 bridgehead atoms. The first-order valence-electron chi connectivity index (χ1n) is 3.68. The number of hydrogen-bond acceptors (Lipinski definition) is 3. The fourth-order valence-corrected chi connectivity index (χ4v) is 0.596. The Morgan fingerprint density at radius 3 is 2.45 bits per heavy atom. The van der Waals surface area contributed by atoms with Gasteiger partial charge in [-0.1, -0.05) is 0 Å². The number of carboxylic acid groups (broad SMARTS) is 1. The highest BCUT2D eigenvalue weighted by molar-refractivity contribution is 5.72. The summed E-state index contributed by atoms with van der Waals surface area (Å²) in [4.78, 5) is 10.2. The molecular formula is C7H15NO3. The van der Waals surface area contributed by atoms with E-state index in [4.69, 9.17) is 10.2 Å². The van der Waals surface area contributed by atoms with Crippen LogP contribution >= 0.6 is 0 Å². The summed E-state index contributed by atoms with van der Waals surface area (Å²) in [6, 6.07) is -0.534. The number of hydrogen-bond donors (Lipinski definition) is 3. The maximum Gasteiger partial charge on any atom is 0.320 e. The van der Waals surface area contributed by atoms with Crippen LogP contribution in [-0.2, 0) is 4.79 Å². The van der Waals surface area contributed by atoms with Gasteiger partial charge in [-0.05, 0) is 26.8 Å². The second kappa shape index (κ2) is 5.09. The van der Waals surface area contributed by atoms with Gasteiger partial charge >= 0.3 is 5.97 Å². The predicted molar refractivity (Wildman–Crippen MR) is 41.4 cm³/mol. The molecule has 0 saturated carbocycles. The molecule has 0 spiro atoms. The van der Waals surface area contributed by atoms with Gasteiger partial charge in [-0.2, -0.15) is 0 Å². The molecular weight excluding hydrogens is 146 g/mol. The summed E-state index contributed by atoms with van der Waals surface area (Å²) < 4.78 is 0. The van der Waals surface area contributed by atoms with Crippen LogP contribution < -0.4 is 5.32 Å². The zero-order valence-corrected chi connectivity index (χ0v) is 6.87. The van der Waals surface area contributed by atoms with E-state index < -0.39 is 12.0 Å². The van der Waals surface area contributed by atoms with Crippen LogP contribution in [0.1, 0.15) is 20.3 Å². The van der Waals surface area contributed by atoms with Crippen LogP contribution in [0.15, 0.2) is 0 Å². The lowest BCUT2D eigenvalue weighted by Gasteiger charge is -2.09. The molecule has 0 saturated heterocycles. The average Bonchev–Trinajstić information content (AvgIpc) is 1.86. The first-order valence-corrected chi connectivity index (χ1v) is 3.68. The lowest BCUT2D eigenvalue weighted by molar-refractivity contribution is -0.139. The van der Waals surface area contributed by atoms with Crippen molar-refractivity contribution in [3.8, 4) is 0 Å². The monoisotopic (exact) mass is 161 g/mol. The molecule has 0 aliphatic heterocycles. The Kier molecular flexibility index (Phi) is 4.81. The second-order valence-electron chi connectivity index (χ2n) is 2.65. The predicted octanol–water partition coefficient (Wildman–Crippen LogP) is -0.180. The first kappa shape index (κ1) is 10.4. The van der Waals surface area contributed by atoms with Crippen molar-refractivity contribution >= 4 is 5.97 Å². The lowest BCUT2D eigenvalue weighted by Crippen LogP contribution is -2.35. The lowest BCUT2D eigenvalue weighted by atomic mass is 10.2. The van der Waals surface area contributed by atoms with Crippen molar-refractivity contribution in [1.82, 2.24) is 5.32 Å². The fourth-order valence-electron chi connectivity index (χ4n) is 0.596. The molecule has 0 aromatic carbocycles. The summed E-state index contributed by atoms with van der Waals surface area (Å²) >= 11 is 0. The summed E-state index contributed by atoms with van der Waals surface area (Å²) in [6.45, 7) is 3.78. The van der Waals surface area contributed by atoms with E-state index in [0.717, 1.165) is 0 Å². The summed E-state index contributed by atoms with van der Waals surface area (Å²) in [5.41, 5.74) is 0. The highest BCUT2D eigenvalue weighted by Crippen LogP contribution is 1.88. The van der Waals surface area contributed by atoms with Crippen molar-refractivity contribution in [1.29, 1.82) is 0 Å². The van der Waals surface area contributed by atoms with E-state index in [2.05, 4.69) is 5.32 Å². The van der Waals surface area contributed by atoms with Crippen LogP contribution in [0.3, 0.4) is 0 Å². The molecule has 3 N–H and O–H groups in total. The third kappa shape index (κ3) is 5.82. The van der Waals surface area contributed by atoms with Gasteiger partial charge in [-0.3, -0.25) is 4.79 Å². The van der Waals surface area contributed by atoms with Gasteiger partial charge in [0.05, 0.1) is 6.10 Å². The van der Waals surface area contributed by atoms with E-state index in [-0.39, 0.29) is 6.10 Å². The summed E-state index contributed by atoms with van der Waals surface area (Å²) in [5, 5.41) is 20.0. The average molecular weight is 161 g/mol. The Morgan fingerprint density at radius 1 is 1.55 bits per heavy atom. The molecule has 0 heterocycles. The van der Waals surface area contributed by atoms with Gasteiger partial charge in [0, 0.05) is 0 Å². The SMILES string of the molecule is CC(O)CCNC(C)C(=O)O. The number of aliphatic hydroxyl groups excluding tert-OH is 1. The van der Waals surface area contributed by atoms with E-state index in [9.17, 15) is 4.79 Å². The molecule has 66 valence electrons.